The van der Waals surface area contributed by atoms with Crippen molar-refractivity contribution >= 4 is 0 Å². The first kappa shape index (κ1) is 8.57. The van der Waals surface area contributed by atoms with Gasteiger partial charge in [-0.15, -0.1) is 0 Å². The highest BCUT2D eigenvalue weighted by Crippen LogP contribution is 2.43. The summed E-state index contributed by atoms with van der Waals surface area (Å²) in [5.41, 5.74) is 8.36. The molecule has 13 heavy (non-hydrogen) atoms. The zero-order chi connectivity index (χ0) is 9.42. The standard InChI is InChI=1S/C11H15NO/c1-7-3-4-11(13-2)9(5-7)8-6-10(8)12/h3-5,8,10H,6,12H2,1-2H3. The third-order valence-corrected chi connectivity index (χ3v) is 2.62. The van der Waals surface area contributed by atoms with Crippen molar-refractivity contribution in [3.05, 3.63) is 29.3 Å². The van der Waals surface area contributed by atoms with Crippen LogP contribution >= 0.6 is 0 Å². The quantitative estimate of drug-likeness (QED) is 0.747. The minimum atomic E-state index is 0.343. The molecule has 0 heterocycles. The molecule has 0 bridgehead atoms. The summed E-state index contributed by atoms with van der Waals surface area (Å²) in [7, 11) is 1.71. The van der Waals surface area contributed by atoms with Crippen LogP contribution in [0.4, 0.5) is 0 Å². The molecule has 1 fully saturated rings. The molecule has 0 aliphatic heterocycles. The van der Waals surface area contributed by atoms with Gasteiger partial charge in [-0.2, -0.15) is 0 Å². The highest BCUT2D eigenvalue weighted by molar-refractivity contribution is 5.43. The number of methoxy groups -OCH3 is 1. The number of benzene rings is 1. The monoisotopic (exact) mass is 177 g/mol. The van der Waals surface area contributed by atoms with Gasteiger partial charge in [-0.25, -0.2) is 0 Å². The van der Waals surface area contributed by atoms with E-state index >= 15 is 0 Å². The molecule has 2 heteroatoms. The van der Waals surface area contributed by atoms with Crippen LogP contribution in [0.1, 0.15) is 23.5 Å². The number of rotatable bonds is 2. The molecule has 1 aromatic rings. The number of hydrogen-bond acceptors (Lipinski definition) is 2. The Bertz CT molecular complexity index is 322. The Morgan fingerprint density at radius 3 is 2.69 bits per heavy atom. The van der Waals surface area contributed by atoms with Gasteiger partial charge in [-0.3, -0.25) is 0 Å². The summed E-state index contributed by atoms with van der Waals surface area (Å²) in [5.74, 6) is 1.50. The second-order valence-electron chi connectivity index (χ2n) is 3.75. The largest absolute Gasteiger partial charge is 0.496 e. The van der Waals surface area contributed by atoms with Crippen LogP contribution in [-0.4, -0.2) is 13.2 Å². The van der Waals surface area contributed by atoms with E-state index in [0.717, 1.165) is 12.2 Å². The second-order valence-corrected chi connectivity index (χ2v) is 3.75. The van der Waals surface area contributed by atoms with E-state index in [-0.39, 0.29) is 0 Å². The number of nitrogens with two attached hydrogens (primary N) is 1. The highest BCUT2D eigenvalue weighted by Gasteiger charge is 2.36. The molecule has 0 aromatic heterocycles. The summed E-state index contributed by atoms with van der Waals surface area (Å²) in [5, 5.41) is 0. The smallest absolute Gasteiger partial charge is 0.122 e. The van der Waals surface area contributed by atoms with Gasteiger partial charge >= 0.3 is 0 Å². The van der Waals surface area contributed by atoms with Crippen LogP contribution in [0.2, 0.25) is 0 Å². The van der Waals surface area contributed by atoms with Crippen molar-refractivity contribution in [3.8, 4) is 5.75 Å². The highest BCUT2D eigenvalue weighted by atomic mass is 16.5. The zero-order valence-electron chi connectivity index (χ0n) is 8.08. The van der Waals surface area contributed by atoms with Crippen molar-refractivity contribution in [2.45, 2.75) is 25.3 Å². The van der Waals surface area contributed by atoms with Gasteiger partial charge in [-0.05, 0) is 25.0 Å². The van der Waals surface area contributed by atoms with Crippen LogP contribution in [0.5, 0.6) is 5.75 Å². The molecule has 1 aromatic carbocycles. The lowest BCUT2D eigenvalue weighted by Gasteiger charge is -2.08. The van der Waals surface area contributed by atoms with Crippen molar-refractivity contribution in [3.63, 3.8) is 0 Å². The summed E-state index contributed by atoms with van der Waals surface area (Å²) >= 11 is 0. The van der Waals surface area contributed by atoms with Crippen LogP contribution in [-0.2, 0) is 0 Å². The Kier molecular flexibility index (Phi) is 2.00. The van der Waals surface area contributed by atoms with E-state index in [1.54, 1.807) is 7.11 Å². The minimum absolute atomic E-state index is 0.343. The van der Waals surface area contributed by atoms with Crippen molar-refractivity contribution in [1.29, 1.82) is 0 Å². The molecule has 0 spiro atoms. The molecular weight excluding hydrogens is 162 g/mol. The molecule has 2 N–H and O–H groups in total. The lowest BCUT2D eigenvalue weighted by Crippen LogP contribution is -2.02. The van der Waals surface area contributed by atoms with Crippen LogP contribution in [0.15, 0.2) is 18.2 Å². The van der Waals surface area contributed by atoms with E-state index in [0.29, 0.717) is 12.0 Å². The molecule has 1 aliphatic rings. The summed E-state index contributed by atoms with van der Waals surface area (Å²) < 4.78 is 5.29. The molecule has 1 aliphatic carbocycles. The lowest BCUT2D eigenvalue weighted by molar-refractivity contribution is 0.409. The number of aryl methyl sites for hydroxylation is 1. The average Bonchev–Trinajstić information content (AvgIpc) is 2.82. The van der Waals surface area contributed by atoms with Gasteiger partial charge in [0.15, 0.2) is 0 Å². The Morgan fingerprint density at radius 1 is 1.46 bits per heavy atom. The number of hydrogen-bond donors (Lipinski definition) is 1. The summed E-state index contributed by atoms with van der Waals surface area (Å²) in [6.45, 7) is 2.09. The van der Waals surface area contributed by atoms with Gasteiger partial charge in [0.05, 0.1) is 7.11 Å². The third-order valence-electron chi connectivity index (χ3n) is 2.62. The molecular formula is C11H15NO. The van der Waals surface area contributed by atoms with Gasteiger partial charge in [-0.1, -0.05) is 17.7 Å². The van der Waals surface area contributed by atoms with Crippen molar-refractivity contribution in [2.75, 3.05) is 7.11 Å². The lowest BCUT2D eigenvalue weighted by atomic mass is 10.1. The summed E-state index contributed by atoms with van der Waals surface area (Å²) in [6.07, 6.45) is 1.10. The first-order valence-corrected chi connectivity index (χ1v) is 4.62. The molecule has 2 atom stereocenters. The van der Waals surface area contributed by atoms with E-state index in [4.69, 9.17) is 10.5 Å². The van der Waals surface area contributed by atoms with E-state index in [2.05, 4.69) is 19.1 Å². The molecule has 0 radical (unpaired) electrons. The predicted molar refractivity (Wildman–Crippen MR) is 53.1 cm³/mol. The fourth-order valence-electron chi connectivity index (χ4n) is 1.72. The Labute approximate surface area is 78.7 Å². The first-order chi connectivity index (χ1) is 6.22. The van der Waals surface area contributed by atoms with Crippen LogP contribution < -0.4 is 10.5 Å². The fraction of sp³-hybridized carbons (Fsp3) is 0.455. The Hall–Kier alpha value is -1.02. The van der Waals surface area contributed by atoms with Crippen LogP contribution in [0, 0.1) is 6.92 Å². The molecule has 2 nitrogen and oxygen atoms in total. The molecule has 0 amide bonds. The Balaban J connectivity index is 2.35. The topological polar surface area (TPSA) is 35.2 Å². The van der Waals surface area contributed by atoms with Crippen molar-refractivity contribution in [1.82, 2.24) is 0 Å². The average molecular weight is 177 g/mol. The molecule has 70 valence electrons. The predicted octanol–water partition coefficient (Wildman–Crippen LogP) is 1.82. The molecule has 2 unspecified atom stereocenters. The maximum atomic E-state index is 5.82. The normalized spacial score (nSPS) is 25.8. The SMILES string of the molecule is COc1ccc(C)cc1C1CC1N. The minimum Gasteiger partial charge on any atom is -0.496 e. The van der Waals surface area contributed by atoms with Crippen LogP contribution in [0.3, 0.4) is 0 Å². The summed E-state index contributed by atoms with van der Waals surface area (Å²) in [6, 6.07) is 6.61. The van der Waals surface area contributed by atoms with Gasteiger partial charge in [0.25, 0.3) is 0 Å². The van der Waals surface area contributed by atoms with Gasteiger partial charge in [0.2, 0.25) is 0 Å². The molecule has 2 rings (SSSR count). The van der Waals surface area contributed by atoms with Crippen LogP contribution in [0.25, 0.3) is 0 Å². The summed E-state index contributed by atoms with van der Waals surface area (Å²) in [4.78, 5) is 0. The van der Waals surface area contributed by atoms with Gasteiger partial charge < -0.3 is 10.5 Å². The second kappa shape index (κ2) is 3.04. The Morgan fingerprint density at radius 2 is 2.15 bits per heavy atom. The third kappa shape index (κ3) is 1.54. The molecule has 0 saturated heterocycles. The maximum absolute atomic E-state index is 5.82. The van der Waals surface area contributed by atoms with E-state index in [9.17, 15) is 0 Å². The van der Waals surface area contributed by atoms with Gasteiger partial charge in [0.1, 0.15) is 5.75 Å². The maximum Gasteiger partial charge on any atom is 0.122 e. The first-order valence-electron chi connectivity index (χ1n) is 4.62. The zero-order valence-corrected chi connectivity index (χ0v) is 8.08. The molecule has 1 saturated carbocycles. The van der Waals surface area contributed by atoms with Gasteiger partial charge in [0, 0.05) is 12.0 Å². The van der Waals surface area contributed by atoms with E-state index in [1.165, 1.54) is 11.1 Å². The van der Waals surface area contributed by atoms with E-state index in [1.807, 2.05) is 6.07 Å². The van der Waals surface area contributed by atoms with E-state index < -0.39 is 0 Å². The van der Waals surface area contributed by atoms with Crippen molar-refractivity contribution < 1.29 is 4.74 Å². The van der Waals surface area contributed by atoms with Crippen molar-refractivity contribution in [2.24, 2.45) is 5.73 Å². The number of ether oxygens (including phenoxy) is 1. The fourth-order valence-corrected chi connectivity index (χ4v) is 1.72.